The predicted molar refractivity (Wildman–Crippen MR) is 97.2 cm³/mol. The number of aliphatic hydroxyl groups is 1. The van der Waals surface area contributed by atoms with E-state index in [1.54, 1.807) is 22.5 Å². The lowest BCUT2D eigenvalue weighted by molar-refractivity contribution is 0.115. The minimum absolute atomic E-state index is 0.0643. The van der Waals surface area contributed by atoms with E-state index in [-0.39, 0.29) is 29.4 Å². The molecule has 1 N–H and O–H groups in total. The molecule has 0 aromatic carbocycles. The van der Waals surface area contributed by atoms with Crippen molar-refractivity contribution in [2.45, 2.75) is 63.5 Å². The summed E-state index contributed by atoms with van der Waals surface area (Å²) >= 11 is 6.04. The fourth-order valence-electron chi connectivity index (χ4n) is 4.34. The normalized spacial score (nSPS) is 35.9. The van der Waals surface area contributed by atoms with Crippen molar-refractivity contribution in [1.82, 2.24) is 4.31 Å². The smallest absolute Gasteiger partial charge is 0.243 e. The number of aliphatic hydroxyl groups excluding tert-OH is 1. The predicted octanol–water partition coefficient (Wildman–Crippen LogP) is 3.27. The van der Waals surface area contributed by atoms with Crippen molar-refractivity contribution in [3.05, 3.63) is 23.1 Å². The third-order valence-corrected chi connectivity index (χ3v) is 8.04. The lowest BCUT2D eigenvalue weighted by Gasteiger charge is -2.34. The molecule has 3 rings (SSSR count). The van der Waals surface area contributed by atoms with Crippen molar-refractivity contribution in [3.8, 4) is 0 Å². The molecule has 0 amide bonds. The van der Waals surface area contributed by atoms with Crippen LogP contribution in [0.5, 0.6) is 0 Å². The lowest BCUT2D eigenvalue weighted by Crippen LogP contribution is -2.45. The number of allylic oxidation sites excluding steroid dienone is 3. The molecule has 0 saturated heterocycles. The Hall–Kier alpha value is -0.360. The minimum Gasteiger partial charge on any atom is -0.392 e. The average Bonchev–Trinajstić information content (AvgIpc) is 3.02. The highest BCUT2D eigenvalue weighted by Gasteiger charge is 2.51. The monoisotopic (exact) mass is 373 g/mol. The fourth-order valence-corrected chi connectivity index (χ4v) is 6.28. The van der Waals surface area contributed by atoms with Crippen molar-refractivity contribution in [2.75, 3.05) is 6.54 Å². The zero-order valence-electron chi connectivity index (χ0n) is 14.4. The van der Waals surface area contributed by atoms with Gasteiger partial charge in [0.2, 0.25) is 10.0 Å². The van der Waals surface area contributed by atoms with Crippen molar-refractivity contribution < 1.29 is 13.5 Å². The molecule has 5 atom stereocenters. The molecule has 0 radical (unpaired) electrons. The van der Waals surface area contributed by atoms with E-state index >= 15 is 0 Å². The van der Waals surface area contributed by atoms with Crippen LogP contribution in [0.25, 0.3) is 0 Å². The van der Waals surface area contributed by atoms with E-state index in [1.807, 2.05) is 0 Å². The van der Waals surface area contributed by atoms with Crippen molar-refractivity contribution in [2.24, 2.45) is 17.8 Å². The van der Waals surface area contributed by atoms with Gasteiger partial charge in [-0.1, -0.05) is 26.0 Å². The standard InChI is InChI=1S/C18H28ClNO3S/c1-12(2)9-10-20(17-11-13-3-8-16(17)18(13)21)24(22,23)15-6-4-14(19)5-7-15/h4,6-7,12-14,16-18,21H,3,5,8-11H2,1-2H3. The molecule has 0 aromatic heterocycles. The number of halogens is 1. The first-order valence-electron chi connectivity index (χ1n) is 9.03. The van der Waals surface area contributed by atoms with E-state index in [1.165, 1.54) is 0 Å². The first-order valence-corrected chi connectivity index (χ1v) is 10.9. The summed E-state index contributed by atoms with van der Waals surface area (Å²) in [7, 11) is -3.53. The zero-order chi connectivity index (χ0) is 17.5. The van der Waals surface area contributed by atoms with Gasteiger partial charge in [0.05, 0.1) is 16.4 Å². The highest BCUT2D eigenvalue weighted by atomic mass is 35.5. The molecule has 0 aromatic rings. The van der Waals surface area contributed by atoms with Gasteiger partial charge in [-0.05, 0) is 50.0 Å². The number of sulfonamides is 1. The quantitative estimate of drug-likeness (QED) is 0.727. The Bertz CT molecular complexity index is 628. The Labute approximate surface area is 150 Å². The van der Waals surface area contributed by atoms with Crippen molar-refractivity contribution >= 4 is 21.6 Å². The molecule has 24 heavy (non-hydrogen) atoms. The van der Waals surface area contributed by atoms with Gasteiger partial charge in [-0.15, -0.1) is 11.6 Å². The number of hydrogen-bond acceptors (Lipinski definition) is 3. The second-order valence-corrected chi connectivity index (χ2v) is 10.3. The van der Waals surface area contributed by atoms with Crippen LogP contribution in [0.2, 0.25) is 0 Å². The molecule has 6 heteroatoms. The van der Waals surface area contributed by atoms with Crippen LogP contribution in [0.4, 0.5) is 0 Å². The van der Waals surface area contributed by atoms with Gasteiger partial charge in [0, 0.05) is 18.5 Å². The Morgan fingerprint density at radius 2 is 2.12 bits per heavy atom. The first kappa shape index (κ1) is 18.4. The highest BCUT2D eigenvalue weighted by Crippen LogP contribution is 2.48. The molecule has 4 nitrogen and oxygen atoms in total. The van der Waals surface area contributed by atoms with Gasteiger partial charge in [0.25, 0.3) is 0 Å². The van der Waals surface area contributed by atoms with Crippen LogP contribution in [0.15, 0.2) is 23.1 Å². The summed E-state index contributed by atoms with van der Waals surface area (Å²) in [6.07, 6.45) is 8.92. The van der Waals surface area contributed by atoms with Crippen molar-refractivity contribution in [1.29, 1.82) is 0 Å². The lowest BCUT2D eigenvalue weighted by atomic mass is 9.95. The van der Waals surface area contributed by atoms with Gasteiger partial charge in [-0.2, -0.15) is 4.31 Å². The SMILES string of the molecule is CC(C)CCN(C1CC2CCC1C2O)S(=O)(=O)C1=CCC(Cl)C=C1. The molecule has 3 aliphatic rings. The molecule has 5 unspecified atom stereocenters. The molecule has 0 aliphatic heterocycles. The summed E-state index contributed by atoms with van der Waals surface area (Å²) in [5.74, 6) is 0.792. The maximum Gasteiger partial charge on any atom is 0.243 e. The van der Waals surface area contributed by atoms with E-state index in [0.29, 0.717) is 23.8 Å². The van der Waals surface area contributed by atoms with Gasteiger partial charge in [0.1, 0.15) is 0 Å². The van der Waals surface area contributed by atoms with Crippen LogP contribution in [-0.4, -0.2) is 41.9 Å². The summed E-state index contributed by atoms with van der Waals surface area (Å²) in [6, 6.07) is -0.0643. The van der Waals surface area contributed by atoms with E-state index in [9.17, 15) is 13.5 Å². The Kier molecular flexibility index (Phi) is 5.45. The van der Waals surface area contributed by atoms with Gasteiger partial charge in [-0.25, -0.2) is 8.42 Å². The topological polar surface area (TPSA) is 57.6 Å². The van der Waals surface area contributed by atoms with Crippen LogP contribution in [-0.2, 0) is 10.0 Å². The van der Waals surface area contributed by atoms with Gasteiger partial charge in [-0.3, -0.25) is 0 Å². The van der Waals surface area contributed by atoms with Gasteiger partial charge in [0.15, 0.2) is 0 Å². The summed E-state index contributed by atoms with van der Waals surface area (Å²) in [5.41, 5.74) is 0. The van der Waals surface area contributed by atoms with E-state index < -0.39 is 10.0 Å². The maximum atomic E-state index is 13.3. The van der Waals surface area contributed by atoms with E-state index in [2.05, 4.69) is 13.8 Å². The largest absolute Gasteiger partial charge is 0.392 e. The van der Waals surface area contributed by atoms with Crippen LogP contribution in [0.1, 0.15) is 46.0 Å². The fraction of sp³-hybridized carbons (Fsp3) is 0.778. The van der Waals surface area contributed by atoms with Crippen LogP contribution >= 0.6 is 11.6 Å². The van der Waals surface area contributed by atoms with Crippen LogP contribution in [0.3, 0.4) is 0 Å². The van der Waals surface area contributed by atoms with E-state index in [4.69, 9.17) is 11.6 Å². The zero-order valence-corrected chi connectivity index (χ0v) is 16.0. The highest BCUT2D eigenvalue weighted by molar-refractivity contribution is 7.93. The summed E-state index contributed by atoms with van der Waals surface area (Å²) in [4.78, 5) is 0.361. The first-order chi connectivity index (χ1) is 11.3. The number of alkyl halides is 1. The third-order valence-electron chi connectivity index (χ3n) is 5.75. The summed E-state index contributed by atoms with van der Waals surface area (Å²) in [5, 5.41) is 10.2. The van der Waals surface area contributed by atoms with Crippen LogP contribution < -0.4 is 0 Å². The number of hydrogen-bond donors (Lipinski definition) is 1. The molecule has 136 valence electrons. The number of nitrogens with zero attached hydrogens (tertiary/aromatic N) is 1. The number of fused-ring (bicyclic) bond motifs is 2. The molecular formula is C18H28ClNO3S. The molecule has 3 aliphatic carbocycles. The third kappa shape index (κ3) is 3.46. The molecule has 0 heterocycles. The maximum absolute atomic E-state index is 13.3. The summed E-state index contributed by atoms with van der Waals surface area (Å²) < 4.78 is 28.2. The van der Waals surface area contributed by atoms with E-state index in [0.717, 1.165) is 25.7 Å². The van der Waals surface area contributed by atoms with Gasteiger partial charge >= 0.3 is 0 Å². The minimum atomic E-state index is -3.53. The van der Waals surface area contributed by atoms with Crippen molar-refractivity contribution in [3.63, 3.8) is 0 Å². The Morgan fingerprint density at radius 1 is 1.38 bits per heavy atom. The molecule has 2 bridgehead atoms. The number of rotatable bonds is 6. The molecule has 0 spiro atoms. The second-order valence-electron chi connectivity index (χ2n) is 7.81. The summed E-state index contributed by atoms with van der Waals surface area (Å²) in [6.45, 7) is 4.74. The Balaban J connectivity index is 1.86. The molecular weight excluding hydrogens is 346 g/mol. The van der Waals surface area contributed by atoms with Crippen LogP contribution in [0, 0.1) is 17.8 Å². The Morgan fingerprint density at radius 3 is 2.62 bits per heavy atom. The average molecular weight is 374 g/mol. The molecule has 2 saturated carbocycles. The van der Waals surface area contributed by atoms with Gasteiger partial charge < -0.3 is 5.11 Å². The molecule has 2 fully saturated rings. The second kappa shape index (κ2) is 7.10.